The van der Waals surface area contributed by atoms with Crippen LogP contribution in [0.5, 0.6) is 0 Å². The number of halogens is 1. The molecule has 0 aliphatic heterocycles. The lowest BCUT2D eigenvalue weighted by Gasteiger charge is -2.13. The highest BCUT2D eigenvalue weighted by Gasteiger charge is 2.04. The molecule has 0 spiro atoms. The zero-order valence-corrected chi connectivity index (χ0v) is 15.8. The summed E-state index contributed by atoms with van der Waals surface area (Å²) in [5.74, 6) is -0.935. The minimum absolute atomic E-state index is 0.176. The van der Waals surface area contributed by atoms with E-state index in [1.54, 1.807) is 0 Å². The zero-order chi connectivity index (χ0) is 17.4. The molecule has 0 radical (unpaired) electrons. The first-order valence-corrected chi connectivity index (χ1v) is 8.92. The SMILES string of the molecule is C=C(C)C(=O)O.CCCCCCCCCC(Cl)CCN(C)C. The van der Waals surface area contributed by atoms with Crippen molar-refractivity contribution in [2.45, 2.75) is 77.0 Å². The topological polar surface area (TPSA) is 40.5 Å². The Hall–Kier alpha value is -0.540. The van der Waals surface area contributed by atoms with Gasteiger partial charge in [0.05, 0.1) is 0 Å². The van der Waals surface area contributed by atoms with Gasteiger partial charge in [0.1, 0.15) is 0 Å². The van der Waals surface area contributed by atoms with Crippen LogP contribution in [0.1, 0.15) is 71.6 Å². The maximum absolute atomic E-state index is 9.60. The second kappa shape index (κ2) is 16.8. The first-order valence-electron chi connectivity index (χ1n) is 8.48. The fourth-order valence-corrected chi connectivity index (χ4v) is 2.12. The number of hydrogen-bond donors (Lipinski definition) is 1. The summed E-state index contributed by atoms with van der Waals surface area (Å²) >= 11 is 6.26. The Morgan fingerprint density at radius 1 is 1.09 bits per heavy atom. The van der Waals surface area contributed by atoms with E-state index in [-0.39, 0.29) is 5.57 Å². The summed E-state index contributed by atoms with van der Waals surface area (Å²) < 4.78 is 0. The molecular formula is C18H36ClNO2. The Bertz CT molecular complexity index is 268. The molecule has 0 bridgehead atoms. The van der Waals surface area contributed by atoms with Crippen molar-refractivity contribution in [1.29, 1.82) is 0 Å². The maximum atomic E-state index is 9.60. The summed E-state index contributed by atoms with van der Waals surface area (Å²) in [5, 5.41) is 8.28. The molecule has 0 heterocycles. The van der Waals surface area contributed by atoms with Crippen LogP contribution in [-0.4, -0.2) is 42.0 Å². The predicted octanol–water partition coefficient (Wildman–Crippen LogP) is 5.33. The molecule has 0 fully saturated rings. The predicted molar refractivity (Wildman–Crippen MR) is 97.9 cm³/mol. The lowest BCUT2D eigenvalue weighted by atomic mass is 10.1. The monoisotopic (exact) mass is 333 g/mol. The number of alkyl halides is 1. The quantitative estimate of drug-likeness (QED) is 0.298. The Balaban J connectivity index is 0. The molecule has 1 atom stereocenters. The van der Waals surface area contributed by atoms with E-state index in [0.29, 0.717) is 5.38 Å². The summed E-state index contributed by atoms with van der Waals surface area (Å²) in [5.41, 5.74) is 0.176. The van der Waals surface area contributed by atoms with Gasteiger partial charge in [0.15, 0.2) is 0 Å². The van der Waals surface area contributed by atoms with Crippen LogP contribution >= 0.6 is 11.6 Å². The lowest BCUT2D eigenvalue weighted by molar-refractivity contribution is -0.132. The highest BCUT2D eigenvalue weighted by atomic mass is 35.5. The van der Waals surface area contributed by atoms with E-state index >= 15 is 0 Å². The van der Waals surface area contributed by atoms with Crippen LogP contribution in [-0.2, 0) is 4.79 Å². The first kappa shape index (κ1) is 23.7. The van der Waals surface area contributed by atoms with Gasteiger partial charge in [-0.2, -0.15) is 0 Å². The highest BCUT2D eigenvalue weighted by molar-refractivity contribution is 6.20. The fraction of sp³-hybridized carbons (Fsp3) is 0.833. The molecule has 0 saturated heterocycles. The number of nitrogens with zero attached hydrogens (tertiary/aromatic N) is 1. The second-order valence-corrected chi connectivity index (χ2v) is 6.80. The van der Waals surface area contributed by atoms with Crippen LogP contribution in [0.3, 0.4) is 0 Å². The molecule has 0 aromatic rings. The standard InChI is InChI=1S/C14H30ClN.C4H6O2/c1-4-5-6-7-8-9-10-11-14(15)12-13-16(2)3;1-3(2)4(5)6/h14H,4-13H2,1-3H3;1H2,2H3,(H,5,6). The number of rotatable bonds is 12. The second-order valence-electron chi connectivity index (χ2n) is 6.18. The normalized spacial score (nSPS) is 11.7. The molecular weight excluding hydrogens is 298 g/mol. The average Bonchev–Trinajstić information content (AvgIpc) is 2.44. The van der Waals surface area contributed by atoms with Gasteiger partial charge in [-0.05, 0) is 40.4 Å². The summed E-state index contributed by atoms with van der Waals surface area (Å²) in [4.78, 5) is 11.8. The van der Waals surface area contributed by atoms with Crippen molar-refractivity contribution in [2.75, 3.05) is 20.6 Å². The van der Waals surface area contributed by atoms with Crippen LogP contribution in [0.4, 0.5) is 0 Å². The Labute approximate surface area is 142 Å². The molecule has 0 rings (SSSR count). The number of aliphatic carboxylic acids is 1. The van der Waals surface area contributed by atoms with Gasteiger partial charge < -0.3 is 10.0 Å². The number of carbonyl (C=O) groups is 1. The number of carboxylic acids is 1. The van der Waals surface area contributed by atoms with Gasteiger partial charge in [0, 0.05) is 11.0 Å². The van der Waals surface area contributed by atoms with Crippen molar-refractivity contribution in [2.24, 2.45) is 0 Å². The molecule has 0 aliphatic carbocycles. The Morgan fingerprint density at radius 3 is 1.95 bits per heavy atom. The molecule has 0 aromatic carbocycles. The third kappa shape index (κ3) is 21.8. The minimum atomic E-state index is -0.935. The van der Waals surface area contributed by atoms with Crippen LogP contribution in [0, 0.1) is 0 Å². The van der Waals surface area contributed by atoms with Crippen molar-refractivity contribution < 1.29 is 9.90 Å². The largest absolute Gasteiger partial charge is 0.478 e. The van der Waals surface area contributed by atoms with Gasteiger partial charge in [0.25, 0.3) is 0 Å². The molecule has 0 amide bonds. The van der Waals surface area contributed by atoms with Crippen molar-refractivity contribution in [3.8, 4) is 0 Å². The van der Waals surface area contributed by atoms with E-state index in [1.807, 2.05) is 0 Å². The summed E-state index contributed by atoms with van der Waals surface area (Å²) in [7, 11) is 4.22. The third-order valence-corrected chi connectivity index (χ3v) is 3.81. The van der Waals surface area contributed by atoms with Crippen LogP contribution in [0.2, 0.25) is 0 Å². The highest BCUT2D eigenvalue weighted by Crippen LogP contribution is 2.14. The van der Waals surface area contributed by atoms with Crippen LogP contribution in [0.15, 0.2) is 12.2 Å². The van der Waals surface area contributed by atoms with Crippen molar-refractivity contribution in [1.82, 2.24) is 4.90 Å². The fourth-order valence-electron chi connectivity index (χ4n) is 1.87. The maximum Gasteiger partial charge on any atom is 0.330 e. The molecule has 0 saturated carbocycles. The van der Waals surface area contributed by atoms with Crippen molar-refractivity contribution in [3.05, 3.63) is 12.2 Å². The molecule has 3 nitrogen and oxygen atoms in total. The first-order chi connectivity index (χ1) is 10.3. The molecule has 0 aliphatic rings. The number of unbranched alkanes of at least 4 members (excludes halogenated alkanes) is 6. The molecule has 1 N–H and O–H groups in total. The van der Waals surface area contributed by atoms with E-state index in [9.17, 15) is 4.79 Å². The van der Waals surface area contributed by atoms with Crippen molar-refractivity contribution in [3.63, 3.8) is 0 Å². The summed E-state index contributed by atoms with van der Waals surface area (Å²) in [6.07, 6.45) is 12.0. The lowest BCUT2D eigenvalue weighted by Crippen LogP contribution is -2.16. The van der Waals surface area contributed by atoms with Gasteiger partial charge in [-0.15, -0.1) is 11.6 Å². The van der Waals surface area contributed by atoms with E-state index in [4.69, 9.17) is 16.7 Å². The molecule has 1 unspecified atom stereocenters. The number of hydrogen-bond acceptors (Lipinski definition) is 2. The minimum Gasteiger partial charge on any atom is -0.478 e. The molecule has 0 aromatic heterocycles. The van der Waals surface area contributed by atoms with Gasteiger partial charge >= 0.3 is 5.97 Å². The van der Waals surface area contributed by atoms with Gasteiger partial charge in [0.2, 0.25) is 0 Å². The van der Waals surface area contributed by atoms with Gasteiger partial charge in [-0.1, -0.05) is 58.4 Å². The third-order valence-electron chi connectivity index (χ3n) is 3.38. The van der Waals surface area contributed by atoms with Gasteiger partial charge in [-0.25, -0.2) is 4.79 Å². The van der Waals surface area contributed by atoms with E-state index in [0.717, 1.165) is 13.0 Å². The van der Waals surface area contributed by atoms with E-state index < -0.39 is 5.97 Å². The Kier molecular flexibility index (Phi) is 18.1. The van der Waals surface area contributed by atoms with E-state index in [2.05, 4.69) is 32.5 Å². The van der Waals surface area contributed by atoms with Crippen LogP contribution < -0.4 is 0 Å². The Morgan fingerprint density at radius 2 is 1.55 bits per heavy atom. The number of carboxylic acid groups (broad SMARTS) is 1. The summed E-state index contributed by atoms with van der Waals surface area (Å²) in [6.45, 7) is 7.98. The summed E-state index contributed by atoms with van der Waals surface area (Å²) in [6, 6.07) is 0. The zero-order valence-electron chi connectivity index (χ0n) is 15.0. The molecule has 22 heavy (non-hydrogen) atoms. The molecule has 4 heteroatoms. The van der Waals surface area contributed by atoms with Crippen molar-refractivity contribution >= 4 is 17.6 Å². The molecule has 132 valence electrons. The van der Waals surface area contributed by atoms with Gasteiger partial charge in [-0.3, -0.25) is 0 Å². The average molecular weight is 334 g/mol. The van der Waals surface area contributed by atoms with E-state index in [1.165, 1.54) is 58.3 Å². The van der Waals surface area contributed by atoms with Crippen LogP contribution in [0.25, 0.3) is 0 Å². The smallest absolute Gasteiger partial charge is 0.330 e.